The first-order valence-corrected chi connectivity index (χ1v) is 9.11. The number of nitrogens with zero attached hydrogens (tertiary/aromatic N) is 1. The van der Waals surface area contributed by atoms with E-state index >= 15 is 0 Å². The smallest absolute Gasteiger partial charge is 0.319 e. The standard InChI is InChI=1S/C17H23N3O2S/c1-4-14-6-5-7-15(12-14)19-16(21)18-13-17(2,3)20-8-10-23(22)11-9-20/h1,5-7,12H,8-11,13H2,2-3H3,(H2,18,19,21). The summed E-state index contributed by atoms with van der Waals surface area (Å²) >= 11 is 0. The van der Waals surface area contributed by atoms with Crippen LogP contribution in [0.25, 0.3) is 0 Å². The van der Waals surface area contributed by atoms with Gasteiger partial charge in [0.2, 0.25) is 0 Å². The molecule has 0 aliphatic carbocycles. The average Bonchev–Trinajstić information content (AvgIpc) is 2.54. The topological polar surface area (TPSA) is 61.4 Å². The number of carbonyl (C=O) groups excluding carboxylic acids is 1. The van der Waals surface area contributed by atoms with Crippen LogP contribution >= 0.6 is 0 Å². The van der Waals surface area contributed by atoms with Gasteiger partial charge in [-0.3, -0.25) is 9.11 Å². The molecule has 1 fully saturated rings. The van der Waals surface area contributed by atoms with E-state index in [4.69, 9.17) is 6.42 Å². The van der Waals surface area contributed by atoms with Crippen molar-refractivity contribution in [2.24, 2.45) is 0 Å². The van der Waals surface area contributed by atoms with Gasteiger partial charge >= 0.3 is 6.03 Å². The van der Waals surface area contributed by atoms with Crippen LogP contribution in [0.15, 0.2) is 24.3 Å². The maximum atomic E-state index is 12.1. The van der Waals surface area contributed by atoms with E-state index in [0.29, 0.717) is 23.7 Å². The van der Waals surface area contributed by atoms with E-state index in [9.17, 15) is 9.00 Å². The predicted molar refractivity (Wildman–Crippen MR) is 94.9 cm³/mol. The van der Waals surface area contributed by atoms with Gasteiger partial charge in [-0.1, -0.05) is 12.0 Å². The van der Waals surface area contributed by atoms with Gasteiger partial charge in [-0.15, -0.1) is 6.42 Å². The van der Waals surface area contributed by atoms with Crippen LogP contribution in [-0.4, -0.2) is 51.8 Å². The number of rotatable bonds is 4. The molecule has 0 aromatic heterocycles. The number of carbonyl (C=O) groups is 1. The maximum Gasteiger partial charge on any atom is 0.319 e. The molecule has 1 aromatic carbocycles. The first-order chi connectivity index (χ1) is 10.9. The summed E-state index contributed by atoms with van der Waals surface area (Å²) in [5, 5.41) is 5.68. The fourth-order valence-electron chi connectivity index (χ4n) is 2.51. The zero-order valence-electron chi connectivity index (χ0n) is 13.6. The minimum absolute atomic E-state index is 0.178. The number of benzene rings is 1. The van der Waals surface area contributed by atoms with Crippen molar-refractivity contribution in [1.29, 1.82) is 0 Å². The van der Waals surface area contributed by atoms with Crippen molar-refractivity contribution in [3.8, 4) is 12.3 Å². The fraction of sp³-hybridized carbons (Fsp3) is 0.471. The van der Waals surface area contributed by atoms with Gasteiger partial charge in [0.15, 0.2) is 0 Å². The Morgan fingerprint density at radius 3 is 2.74 bits per heavy atom. The summed E-state index contributed by atoms with van der Waals surface area (Å²) in [5.74, 6) is 3.95. The van der Waals surface area contributed by atoms with Crippen molar-refractivity contribution in [3.63, 3.8) is 0 Å². The van der Waals surface area contributed by atoms with Crippen molar-refractivity contribution in [2.45, 2.75) is 19.4 Å². The third-order valence-corrected chi connectivity index (χ3v) is 5.28. The summed E-state index contributed by atoms with van der Waals surface area (Å²) < 4.78 is 11.4. The Bertz CT molecular complexity index is 627. The largest absolute Gasteiger partial charge is 0.336 e. The van der Waals surface area contributed by atoms with Crippen molar-refractivity contribution in [1.82, 2.24) is 10.2 Å². The van der Waals surface area contributed by atoms with E-state index in [1.165, 1.54) is 0 Å². The van der Waals surface area contributed by atoms with Crippen LogP contribution in [0, 0.1) is 12.3 Å². The molecule has 2 N–H and O–H groups in total. The highest BCUT2D eigenvalue weighted by atomic mass is 32.2. The first-order valence-electron chi connectivity index (χ1n) is 7.62. The number of urea groups is 1. The Kier molecular flexibility index (Phi) is 5.80. The second-order valence-electron chi connectivity index (χ2n) is 6.18. The molecular weight excluding hydrogens is 310 g/mol. The summed E-state index contributed by atoms with van der Waals surface area (Å²) in [6.07, 6.45) is 5.35. The molecule has 0 radical (unpaired) electrons. The zero-order valence-corrected chi connectivity index (χ0v) is 14.4. The predicted octanol–water partition coefficient (Wildman–Crippen LogP) is 1.63. The second-order valence-corrected chi connectivity index (χ2v) is 7.88. The molecule has 1 aromatic rings. The molecule has 2 rings (SSSR count). The summed E-state index contributed by atoms with van der Waals surface area (Å²) in [4.78, 5) is 14.3. The van der Waals surface area contributed by atoms with Gasteiger partial charge in [-0.05, 0) is 32.0 Å². The summed E-state index contributed by atoms with van der Waals surface area (Å²) in [6.45, 7) is 6.28. The lowest BCUT2D eigenvalue weighted by atomic mass is 10.0. The number of anilines is 1. The van der Waals surface area contributed by atoms with Crippen LogP contribution < -0.4 is 10.6 Å². The van der Waals surface area contributed by atoms with Crippen molar-refractivity contribution < 1.29 is 9.00 Å². The van der Waals surface area contributed by atoms with Crippen LogP contribution in [0.2, 0.25) is 0 Å². The van der Waals surface area contributed by atoms with Gasteiger partial charge in [-0.25, -0.2) is 4.79 Å². The van der Waals surface area contributed by atoms with Crippen LogP contribution in [0.3, 0.4) is 0 Å². The average molecular weight is 333 g/mol. The minimum Gasteiger partial charge on any atom is -0.336 e. The molecular formula is C17H23N3O2S. The van der Waals surface area contributed by atoms with Gasteiger partial charge in [0, 0.05) is 58.7 Å². The molecule has 6 heteroatoms. The Morgan fingerprint density at radius 2 is 2.09 bits per heavy atom. The van der Waals surface area contributed by atoms with E-state index in [1.54, 1.807) is 12.1 Å². The Morgan fingerprint density at radius 1 is 1.39 bits per heavy atom. The molecule has 2 amide bonds. The highest BCUT2D eigenvalue weighted by molar-refractivity contribution is 7.85. The van der Waals surface area contributed by atoms with Gasteiger partial charge in [0.1, 0.15) is 0 Å². The van der Waals surface area contributed by atoms with Crippen LogP contribution in [-0.2, 0) is 10.8 Å². The second kappa shape index (κ2) is 7.62. The molecule has 0 atom stereocenters. The molecule has 0 bridgehead atoms. The van der Waals surface area contributed by atoms with Gasteiger partial charge in [-0.2, -0.15) is 0 Å². The number of hydrogen-bond donors (Lipinski definition) is 2. The lowest BCUT2D eigenvalue weighted by Crippen LogP contribution is -2.56. The van der Waals surface area contributed by atoms with E-state index in [0.717, 1.165) is 18.7 Å². The number of nitrogens with one attached hydrogen (secondary N) is 2. The SMILES string of the molecule is C#Cc1cccc(NC(=O)NCC(C)(C)N2CCS(=O)CC2)c1. The first kappa shape index (κ1) is 17.5. The number of terminal acetylenes is 1. The molecule has 1 heterocycles. The summed E-state index contributed by atoms with van der Waals surface area (Å²) in [7, 11) is -0.696. The van der Waals surface area contributed by atoms with Crippen LogP contribution in [0.5, 0.6) is 0 Å². The quantitative estimate of drug-likeness (QED) is 0.824. The highest BCUT2D eigenvalue weighted by Crippen LogP contribution is 2.16. The Hall–Kier alpha value is -1.84. The molecule has 124 valence electrons. The van der Waals surface area contributed by atoms with Crippen molar-refractivity contribution >= 4 is 22.5 Å². The normalized spacial score (nSPS) is 16.6. The van der Waals surface area contributed by atoms with E-state index < -0.39 is 10.8 Å². The third-order valence-electron chi connectivity index (χ3n) is 4.00. The molecule has 1 aliphatic heterocycles. The number of hydrogen-bond acceptors (Lipinski definition) is 3. The summed E-state index contributed by atoms with van der Waals surface area (Å²) in [6, 6.07) is 6.92. The molecule has 5 nitrogen and oxygen atoms in total. The van der Waals surface area contributed by atoms with Crippen molar-refractivity contribution in [3.05, 3.63) is 29.8 Å². The summed E-state index contributed by atoms with van der Waals surface area (Å²) in [5.41, 5.74) is 1.22. The molecule has 1 aliphatic rings. The molecule has 0 saturated carbocycles. The lowest BCUT2D eigenvalue weighted by molar-refractivity contribution is 0.133. The monoisotopic (exact) mass is 333 g/mol. The highest BCUT2D eigenvalue weighted by Gasteiger charge is 2.29. The van der Waals surface area contributed by atoms with Crippen LogP contribution in [0.4, 0.5) is 10.5 Å². The molecule has 1 saturated heterocycles. The zero-order chi connectivity index (χ0) is 16.9. The van der Waals surface area contributed by atoms with Crippen molar-refractivity contribution in [2.75, 3.05) is 36.5 Å². The molecule has 0 spiro atoms. The molecule has 23 heavy (non-hydrogen) atoms. The Labute approximate surface area is 140 Å². The van der Waals surface area contributed by atoms with Gasteiger partial charge in [0.05, 0.1) is 0 Å². The van der Waals surface area contributed by atoms with Crippen LogP contribution in [0.1, 0.15) is 19.4 Å². The fourth-order valence-corrected chi connectivity index (χ4v) is 3.57. The van der Waals surface area contributed by atoms with Gasteiger partial charge in [0.25, 0.3) is 0 Å². The van der Waals surface area contributed by atoms with Gasteiger partial charge < -0.3 is 10.6 Å². The maximum absolute atomic E-state index is 12.1. The van der Waals surface area contributed by atoms with E-state index in [-0.39, 0.29) is 11.6 Å². The minimum atomic E-state index is -0.696. The molecule has 0 unspecified atom stereocenters. The van der Waals surface area contributed by atoms with E-state index in [2.05, 4.69) is 35.3 Å². The number of amides is 2. The lowest BCUT2D eigenvalue weighted by Gasteiger charge is -2.40. The third kappa shape index (κ3) is 5.08. The Balaban J connectivity index is 1.85. The van der Waals surface area contributed by atoms with E-state index in [1.807, 2.05) is 12.1 Å².